The Morgan fingerprint density at radius 3 is 2.08 bits per heavy atom. The molecule has 4 nitrogen and oxygen atoms in total. The molecule has 1 aromatic heterocycles. The molecule has 3 aromatic rings. The van der Waals surface area contributed by atoms with E-state index in [1.807, 2.05) is 67.6 Å². The van der Waals surface area contributed by atoms with Crippen LogP contribution in [0.1, 0.15) is 23.0 Å². The topological polar surface area (TPSA) is 52.1 Å². The van der Waals surface area contributed by atoms with E-state index in [4.69, 9.17) is 4.74 Å². The Hall–Kier alpha value is -3.01. The van der Waals surface area contributed by atoms with E-state index >= 15 is 0 Å². The van der Waals surface area contributed by atoms with E-state index in [-0.39, 0.29) is 0 Å². The Bertz CT molecular complexity index is 846. The summed E-state index contributed by atoms with van der Waals surface area (Å²) in [5.74, 6) is 0.202. The van der Waals surface area contributed by atoms with Crippen LogP contribution >= 0.6 is 0 Å². The molecule has 1 heterocycles. The molecule has 0 saturated heterocycles. The lowest BCUT2D eigenvalue weighted by Gasteiger charge is -2.13. The van der Waals surface area contributed by atoms with E-state index in [9.17, 15) is 4.79 Å². The zero-order valence-corrected chi connectivity index (χ0v) is 13.7. The van der Waals surface area contributed by atoms with Gasteiger partial charge in [-0.3, -0.25) is 0 Å². The van der Waals surface area contributed by atoms with Gasteiger partial charge in [-0.2, -0.15) is 0 Å². The molecule has 120 valence electrons. The van der Waals surface area contributed by atoms with Crippen LogP contribution in [-0.2, 0) is 4.74 Å². The molecule has 0 fully saturated rings. The maximum atomic E-state index is 12.4. The highest BCUT2D eigenvalue weighted by Crippen LogP contribution is 2.27. The number of hydrogen-bond acceptors (Lipinski definition) is 4. The summed E-state index contributed by atoms with van der Waals surface area (Å²) in [5, 5.41) is 0. The van der Waals surface area contributed by atoms with E-state index in [0.29, 0.717) is 29.4 Å². The fraction of sp³-hybridized carbons (Fsp3) is 0.150. The first-order chi connectivity index (χ1) is 11.7. The van der Waals surface area contributed by atoms with Crippen molar-refractivity contribution in [2.45, 2.75) is 13.8 Å². The summed E-state index contributed by atoms with van der Waals surface area (Å²) >= 11 is 0. The van der Waals surface area contributed by atoms with Crippen molar-refractivity contribution in [3.63, 3.8) is 0 Å². The normalized spacial score (nSPS) is 10.4. The summed E-state index contributed by atoms with van der Waals surface area (Å²) < 4.78 is 5.20. The van der Waals surface area contributed by atoms with Crippen molar-refractivity contribution >= 4 is 5.97 Å². The Kier molecular flexibility index (Phi) is 4.66. The van der Waals surface area contributed by atoms with Crippen LogP contribution in [0, 0.1) is 6.92 Å². The Morgan fingerprint density at radius 2 is 1.50 bits per heavy atom. The van der Waals surface area contributed by atoms with Gasteiger partial charge in [-0.15, -0.1) is 0 Å². The first-order valence-corrected chi connectivity index (χ1v) is 7.87. The van der Waals surface area contributed by atoms with Crippen LogP contribution in [0.4, 0.5) is 0 Å². The number of ether oxygens (including phenoxy) is 1. The maximum absolute atomic E-state index is 12.4. The highest BCUT2D eigenvalue weighted by molar-refractivity contribution is 5.97. The molecule has 0 atom stereocenters. The third-order valence-electron chi connectivity index (χ3n) is 3.65. The largest absolute Gasteiger partial charge is 0.462 e. The second-order valence-electron chi connectivity index (χ2n) is 5.31. The van der Waals surface area contributed by atoms with Gasteiger partial charge in [-0.1, -0.05) is 60.7 Å². The van der Waals surface area contributed by atoms with E-state index in [1.165, 1.54) is 0 Å². The Morgan fingerprint density at radius 1 is 0.917 bits per heavy atom. The van der Waals surface area contributed by atoms with Crippen molar-refractivity contribution in [1.82, 2.24) is 9.97 Å². The van der Waals surface area contributed by atoms with Crippen LogP contribution in [0.15, 0.2) is 60.7 Å². The van der Waals surface area contributed by atoms with Crippen LogP contribution in [-0.4, -0.2) is 22.5 Å². The van der Waals surface area contributed by atoms with Gasteiger partial charge in [-0.05, 0) is 13.8 Å². The predicted octanol–water partition coefficient (Wildman–Crippen LogP) is 4.30. The number of esters is 1. The van der Waals surface area contributed by atoms with Gasteiger partial charge in [0.2, 0.25) is 0 Å². The minimum atomic E-state index is -0.395. The molecule has 0 saturated carbocycles. The van der Waals surface area contributed by atoms with Gasteiger partial charge in [-0.25, -0.2) is 14.8 Å². The first kappa shape index (κ1) is 15.9. The number of aromatic nitrogens is 2. The standard InChI is InChI=1S/C20H18N2O2/c1-3-24-20(23)17-14(2)21-19(16-12-8-5-9-13-16)22-18(17)15-10-6-4-7-11-15/h4-13H,3H2,1-2H3. The summed E-state index contributed by atoms with van der Waals surface area (Å²) in [5.41, 5.74) is 3.40. The zero-order chi connectivity index (χ0) is 16.9. The quantitative estimate of drug-likeness (QED) is 0.673. The smallest absolute Gasteiger partial charge is 0.342 e. The first-order valence-electron chi connectivity index (χ1n) is 7.87. The Labute approximate surface area is 141 Å². The summed E-state index contributed by atoms with van der Waals surface area (Å²) in [4.78, 5) is 21.6. The van der Waals surface area contributed by atoms with Crippen molar-refractivity contribution in [1.29, 1.82) is 0 Å². The highest BCUT2D eigenvalue weighted by atomic mass is 16.5. The molecule has 0 amide bonds. The van der Waals surface area contributed by atoms with E-state index in [2.05, 4.69) is 9.97 Å². The summed E-state index contributed by atoms with van der Waals surface area (Å²) in [7, 11) is 0. The number of carbonyl (C=O) groups is 1. The second-order valence-corrected chi connectivity index (χ2v) is 5.31. The van der Waals surface area contributed by atoms with Gasteiger partial charge in [0.25, 0.3) is 0 Å². The number of aryl methyl sites for hydroxylation is 1. The monoisotopic (exact) mass is 318 g/mol. The van der Waals surface area contributed by atoms with Crippen LogP contribution in [0.5, 0.6) is 0 Å². The second kappa shape index (κ2) is 7.04. The molecule has 0 bridgehead atoms. The summed E-state index contributed by atoms with van der Waals surface area (Å²) in [6, 6.07) is 19.4. The molecule has 0 aliphatic heterocycles. The molecule has 4 heteroatoms. The number of benzene rings is 2. The van der Waals surface area contributed by atoms with E-state index in [0.717, 1.165) is 11.1 Å². The fourth-order valence-electron chi connectivity index (χ4n) is 2.54. The third-order valence-corrected chi connectivity index (χ3v) is 3.65. The maximum Gasteiger partial charge on any atom is 0.342 e. The molecule has 0 radical (unpaired) electrons. The van der Waals surface area contributed by atoms with Crippen LogP contribution in [0.3, 0.4) is 0 Å². The molecule has 0 aliphatic carbocycles. The number of hydrogen-bond donors (Lipinski definition) is 0. The van der Waals surface area contributed by atoms with Crippen LogP contribution in [0.25, 0.3) is 22.6 Å². The number of rotatable bonds is 4. The molecular formula is C20H18N2O2. The minimum absolute atomic E-state index is 0.312. The lowest BCUT2D eigenvalue weighted by atomic mass is 10.0. The highest BCUT2D eigenvalue weighted by Gasteiger charge is 2.21. The van der Waals surface area contributed by atoms with E-state index < -0.39 is 5.97 Å². The average molecular weight is 318 g/mol. The van der Waals surface area contributed by atoms with Crippen molar-refractivity contribution < 1.29 is 9.53 Å². The lowest BCUT2D eigenvalue weighted by Crippen LogP contribution is -2.12. The van der Waals surface area contributed by atoms with Crippen LogP contribution < -0.4 is 0 Å². The molecule has 0 spiro atoms. The molecule has 3 rings (SSSR count). The number of carbonyl (C=O) groups excluding carboxylic acids is 1. The van der Waals surface area contributed by atoms with Gasteiger partial charge in [0, 0.05) is 11.1 Å². The molecule has 0 unspecified atom stereocenters. The van der Waals surface area contributed by atoms with E-state index in [1.54, 1.807) is 6.92 Å². The van der Waals surface area contributed by atoms with Gasteiger partial charge in [0.15, 0.2) is 5.82 Å². The third kappa shape index (κ3) is 3.18. The van der Waals surface area contributed by atoms with Gasteiger partial charge < -0.3 is 4.74 Å². The molecule has 0 N–H and O–H groups in total. The summed E-state index contributed by atoms with van der Waals surface area (Å²) in [6.07, 6.45) is 0. The van der Waals surface area contributed by atoms with Gasteiger partial charge in [0.1, 0.15) is 5.56 Å². The van der Waals surface area contributed by atoms with Crippen molar-refractivity contribution in [3.8, 4) is 22.6 Å². The van der Waals surface area contributed by atoms with Crippen molar-refractivity contribution in [2.75, 3.05) is 6.61 Å². The van der Waals surface area contributed by atoms with Crippen LogP contribution in [0.2, 0.25) is 0 Å². The fourth-order valence-corrected chi connectivity index (χ4v) is 2.54. The molecule has 24 heavy (non-hydrogen) atoms. The molecule has 2 aromatic carbocycles. The molecule has 0 aliphatic rings. The average Bonchev–Trinajstić information content (AvgIpc) is 2.62. The molecular weight excluding hydrogens is 300 g/mol. The predicted molar refractivity (Wildman–Crippen MR) is 93.6 cm³/mol. The van der Waals surface area contributed by atoms with Gasteiger partial charge in [0.05, 0.1) is 18.0 Å². The van der Waals surface area contributed by atoms with Crippen molar-refractivity contribution in [3.05, 3.63) is 71.9 Å². The van der Waals surface area contributed by atoms with Gasteiger partial charge >= 0.3 is 5.97 Å². The number of nitrogens with zero attached hydrogens (tertiary/aromatic N) is 2. The summed E-state index contributed by atoms with van der Waals surface area (Å²) in [6.45, 7) is 3.91. The minimum Gasteiger partial charge on any atom is -0.462 e. The SMILES string of the molecule is CCOC(=O)c1c(C)nc(-c2ccccc2)nc1-c1ccccc1. The zero-order valence-electron chi connectivity index (χ0n) is 13.7. The Balaban J connectivity index is 2.21. The lowest BCUT2D eigenvalue weighted by molar-refractivity contribution is 0.0525. The van der Waals surface area contributed by atoms with Crippen molar-refractivity contribution in [2.24, 2.45) is 0 Å².